The molecular formula is C21H17ClN2O4S2. The minimum absolute atomic E-state index is 0.0171. The lowest BCUT2D eigenvalue weighted by atomic mass is 10.0. The number of nitrogens with zero attached hydrogens (tertiary/aromatic N) is 2. The van der Waals surface area contributed by atoms with Gasteiger partial charge in [0.1, 0.15) is 11.8 Å². The number of esters is 1. The summed E-state index contributed by atoms with van der Waals surface area (Å²) in [4.78, 5) is 31.9. The lowest BCUT2D eigenvalue weighted by Crippen LogP contribution is -2.39. The SMILES string of the molecule is CCOC(=O)C1=C(C)N=c2s/c(=C/c3cc(Cl)ccc3O)c(=O)n2[C@H]1c1cccs1. The van der Waals surface area contributed by atoms with Crippen LogP contribution < -0.4 is 14.9 Å². The molecule has 0 spiro atoms. The fourth-order valence-corrected chi connectivity index (χ4v) is 5.33. The van der Waals surface area contributed by atoms with Crippen molar-refractivity contribution in [2.45, 2.75) is 19.9 Å². The highest BCUT2D eigenvalue weighted by atomic mass is 35.5. The highest BCUT2D eigenvalue weighted by molar-refractivity contribution is 7.10. The van der Waals surface area contributed by atoms with E-state index in [-0.39, 0.29) is 17.9 Å². The van der Waals surface area contributed by atoms with Gasteiger partial charge in [0.15, 0.2) is 4.80 Å². The zero-order valence-electron chi connectivity index (χ0n) is 16.1. The molecule has 154 valence electrons. The van der Waals surface area contributed by atoms with Gasteiger partial charge in [0.05, 0.1) is 22.4 Å². The van der Waals surface area contributed by atoms with Crippen molar-refractivity contribution < 1.29 is 14.6 Å². The Labute approximate surface area is 184 Å². The van der Waals surface area contributed by atoms with Crippen molar-refractivity contribution in [3.05, 3.63) is 82.1 Å². The van der Waals surface area contributed by atoms with Crippen molar-refractivity contribution in [1.29, 1.82) is 0 Å². The summed E-state index contributed by atoms with van der Waals surface area (Å²) < 4.78 is 7.14. The van der Waals surface area contributed by atoms with E-state index in [0.29, 0.717) is 31.2 Å². The number of fused-ring (bicyclic) bond motifs is 1. The summed E-state index contributed by atoms with van der Waals surface area (Å²) in [5.41, 5.74) is 1.00. The Balaban J connectivity index is 1.96. The van der Waals surface area contributed by atoms with Crippen LogP contribution in [0.15, 0.2) is 56.8 Å². The predicted molar refractivity (Wildman–Crippen MR) is 118 cm³/mol. The number of ether oxygens (including phenoxy) is 1. The van der Waals surface area contributed by atoms with Crippen LogP contribution in [0.1, 0.15) is 30.3 Å². The lowest BCUT2D eigenvalue weighted by molar-refractivity contribution is -0.139. The molecule has 0 radical (unpaired) electrons. The van der Waals surface area contributed by atoms with Crippen LogP contribution >= 0.6 is 34.3 Å². The Morgan fingerprint density at radius 1 is 1.40 bits per heavy atom. The number of thiophene rings is 1. The van der Waals surface area contributed by atoms with Gasteiger partial charge >= 0.3 is 5.97 Å². The third-order valence-corrected chi connectivity index (χ3v) is 6.75. The van der Waals surface area contributed by atoms with Crippen LogP contribution in [0.4, 0.5) is 0 Å². The molecule has 3 heterocycles. The van der Waals surface area contributed by atoms with Crippen LogP contribution in [-0.2, 0) is 9.53 Å². The first-order chi connectivity index (χ1) is 14.4. The summed E-state index contributed by atoms with van der Waals surface area (Å²) in [6.45, 7) is 3.71. The van der Waals surface area contributed by atoms with E-state index in [4.69, 9.17) is 16.3 Å². The van der Waals surface area contributed by atoms with Gasteiger partial charge in [-0.05, 0) is 49.6 Å². The summed E-state index contributed by atoms with van der Waals surface area (Å²) in [5.74, 6) is -0.470. The molecule has 0 saturated heterocycles. The predicted octanol–water partition coefficient (Wildman–Crippen LogP) is 3.22. The van der Waals surface area contributed by atoms with E-state index < -0.39 is 12.0 Å². The van der Waals surface area contributed by atoms with Gasteiger partial charge in [-0.3, -0.25) is 9.36 Å². The highest BCUT2D eigenvalue weighted by Gasteiger charge is 2.33. The van der Waals surface area contributed by atoms with Gasteiger partial charge in [0.2, 0.25) is 0 Å². The quantitative estimate of drug-likeness (QED) is 0.606. The van der Waals surface area contributed by atoms with E-state index >= 15 is 0 Å². The number of phenolic OH excluding ortho intramolecular Hbond substituents is 1. The van der Waals surface area contributed by atoms with Gasteiger partial charge in [-0.15, -0.1) is 11.3 Å². The average Bonchev–Trinajstić information content (AvgIpc) is 3.33. The summed E-state index contributed by atoms with van der Waals surface area (Å²) in [5, 5.41) is 12.5. The molecule has 0 saturated carbocycles. The number of benzene rings is 1. The number of halogens is 1. The molecule has 0 amide bonds. The molecule has 30 heavy (non-hydrogen) atoms. The molecule has 1 N–H and O–H groups in total. The summed E-state index contributed by atoms with van der Waals surface area (Å²) in [6, 6.07) is 7.77. The van der Waals surface area contributed by atoms with Gasteiger partial charge in [0.25, 0.3) is 5.56 Å². The van der Waals surface area contributed by atoms with Crippen LogP contribution in [0, 0.1) is 0 Å². The number of aromatic hydroxyl groups is 1. The minimum atomic E-state index is -0.615. The maximum absolute atomic E-state index is 13.3. The monoisotopic (exact) mass is 460 g/mol. The number of aromatic nitrogens is 1. The Morgan fingerprint density at radius 3 is 2.90 bits per heavy atom. The van der Waals surface area contributed by atoms with E-state index in [0.717, 1.165) is 4.88 Å². The van der Waals surface area contributed by atoms with Gasteiger partial charge in [0, 0.05) is 15.5 Å². The molecule has 1 aliphatic heterocycles. The second-order valence-corrected chi connectivity index (χ2v) is 8.95. The zero-order chi connectivity index (χ0) is 21.4. The fraction of sp³-hybridized carbons (Fsp3) is 0.190. The number of thiazole rings is 1. The standard InChI is InChI=1S/C21H17ClN2O4S2/c1-3-28-20(27)17-11(2)23-21-24(18(17)15-5-4-8-29-15)19(26)16(30-21)10-12-9-13(22)6-7-14(12)25/h4-10,18,25H,3H2,1-2H3/b16-10+/t18-/m0/s1. The number of carbonyl (C=O) groups is 1. The molecule has 1 aromatic carbocycles. The Kier molecular flexibility index (Phi) is 5.64. The molecule has 0 aliphatic carbocycles. The smallest absolute Gasteiger partial charge is 0.338 e. The molecule has 0 fully saturated rings. The van der Waals surface area contributed by atoms with Crippen molar-refractivity contribution >= 4 is 46.3 Å². The van der Waals surface area contributed by atoms with Crippen LogP contribution in [0.5, 0.6) is 5.75 Å². The van der Waals surface area contributed by atoms with Crippen molar-refractivity contribution in [2.75, 3.05) is 6.61 Å². The molecule has 0 unspecified atom stereocenters. The van der Waals surface area contributed by atoms with E-state index in [9.17, 15) is 14.7 Å². The number of carbonyl (C=O) groups excluding carboxylic acids is 1. The van der Waals surface area contributed by atoms with Crippen LogP contribution in [0.3, 0.4) is 0 Å². The average molecular weight is 461 g/mol. The van der Waals surface area contributed by atoms with Gasteiger partial charge in [-0.25, -0.2) is 9.79 Å². The Bertz CT molecular complexity index is 1340. The third-order valence-electron chi connectivity index (χ3n) is 4.61. The first-order valence-electron chi connectivity index (χ1n) is 9.12. The van der Waals surface area contributed by atoms with Gasteiger partial charge in [-0.2, -0.15) is 0 Å². The minimum Gasteiger partial charge on any atom is -0.507 e. The summed E-state index contributed by atoms with van der Waals surface area (Å²) in [7, 11) is 0. The van der Waals surface area contributed by atoms with E-state index in [2.05, 4.69) is 4.99 Å². The van der Waals surface area contributed by atoms with Crippen LogP contribution in [0.25, 0.3) is 6.08 Å². The fourth-order valence-electron chi connectivity index (χ4n) is 3.29. The van der Waals surface area contributed by atoms with Crippen LogP contribution in [-0.4, -0.2) is 22.2 Å². The summed E-state index contributed by atoms with van der Waals surface area (Å²) >= 11 is 8.68. The first-order valence-corrected chi connectivity index (χ1v) is 11.2. The number of hydrogen-bond acceptors (Lipinski definition) is 7. The normalized spacial score (nSPS) is 16.4. The third kappa shape index (κ3) is 3.62. The van der Waals surface area contributed by atoms with Gasteiger partial charge < -0.3 is 9.84 Å². The van der Waals surface area contributed by atoms with E-state index in [1.807, 2.05) is 17.5 Å². The number of rotatable bonds is 4. The van der Waals surface area contributed by atoms with Crippen molar-refractivity contribution in [3.63, 3.8) is 0 Å². The molecule has 6 nitrogen and oxygen atoms in total. The van der Waals surface area contributed by atoms with Gasteiger partial charge in [-0.1, -0.05) is 29.0 Å². The van der Waals surface area contributed by atoms with Crippen molar-refractivity contribution in [3.8, 4) is 5.75 Å². The lowest BCUT2D eigenvalue weighted by Gasteiger charge is -2.23. The molecular weight excluding hydrogens is 444 g/mol. The van der Waals surface area contributed by atoms with E-state index in [1.165, 1.54) is 33.3 Å². The maximum Gasteiger partial charge on any atom is 0.338 e. The number of allylic oxidation sites excluding steroid dienone is 1. The molecule has 2 aromatic heterocycles. The zero-order valence-corrected chi connectivity index (χ0v) is 18.5. The maximum atomic E-state index is 13.3. The summed E-state index contributed by atoms with van der Waals surface area (Å²) in [6.07, 6.45) is 1.58. The Hall–Kier alpha value is -2.68. The molecule has 0 bridgehead atoms. The van der Waals surface area contributed by atoms with Crippen molar-refractivity contribution in [1.82, 2.24) is 4.57 Å². The second-order valence-electron chi connectivity index (χ2n) is 6.52. The molecule has 4 rings (SSSR count). The molecule has 1 aliphatic rings. The largest absolute Gasteiger partial charge is 0.507 e. The molecule has 3 aromatic rings. The highest BCUT2D eigenvalue weighted by Crippen LogP contribution is 2.33. The van der Waals surface area contributed by atoms with E-state index in [1.54, 1.807) is 32.1 Å². The topological polar surface area (TPSA) is 80.9 Å². The number of phenols is 1. The second kappa shape index (κ2) is 8.22. The van der Waals surface area contributed by atoms with Crippen LogP contribution in [0.2, 0.25) is 5.02 Å². The molecule has 1 atom stereocenters. The first kappa shape index (κ1) is 20.6. The Morgan fingerprint density at radius 2 is 2.20 bits per heavy atom. The number of hydrogen-bond donors (Lipinski definition) is 1. The molecule has 9 heteroatoms. The van der Waals surface area contributed by atoms with Crippen molar-refractivity contribution in [2.24, 2.45) is 4.99 Å².